The van der Waals surface area contributed by atoms with Crippen LogP contribution in [0.2, 0.25) is 0 Å². The summed E-state index contributed by atoms with van der Waals surface area (Å²) in [6.07, 6.45) is 3.54. The Morgan fingerprint density at radius 3 is 1.64 bits per heavy atom. The second-order valence-corrected chi connectivity index (χ2v) is 12.8. The van der Waals surface area contributed by atoms with Crippen LogP contribution in [-0.4, -0.2) is 0 Å². The number of rotatable bonds is 2. The summed E-state index contributed by atoms with van der Waals surface area (Å²) >= 11 is 0. The van der Waals surface area contributed by atoms with Crippen molar-refractivity contribution in [3.8, 4) is 67.1 Å². The van der Waals surface area contributed by atoms with Gasteiger partial charge >= 0.3 is 0 Å². The van der Waals surface area contributed by atoms with E-state index in [0.29, 0.717) is 22.6 Å². The van der Waals surface area contributed by atoms with Crippen molar-refractivity contribution in [2.24, 2.45) is 0 Å². The quantitative estimate of drug-likeness (QED) is 0.196. The maximum Gasteiger partial charge on any atom is 0.139 e. The highest BCUT2D eigenvalue weighted by Gasteiger charge is 2.36. The van der Waals surface area contributed by atoms with E-state index >= 15 is 0 Å². The molecule has 0 N–H and O–H groups in total. The molecule has 1 heterocycles. The molecule has 1 saturated carbocycles. The summed E-state index contributed by atoms with van der Waals surface area (Å²) in [6.45, 7) is -0.508. The van der Waals surface area contributed by atoms with E-state index in [-0.39, 0.29) is 0 Å². The SMILES string of the molecule is [2H]C1(c2cc3c(cc2-c2cccc4c2Oc2ccccc2C4(C)C([2H])([2H])[2H])-c2ccccc2-c2ccccc2-c2ccccc2-3)CCCC1. The summed E-state index contributed by atoms with van der Waals surface area (Å²) < 4.78 is 43.1. The van der Waals surface area contributed by atoms with Crippen molar-refractivity contribution in [2.75, 3.05) is 0 Å². The van der Waals surface area contributed by atoms with Gasteiger partial charge in [-0.1, -0.05) is 136 Å². The fourth-order valence-corrected chi connectivity index (χ4v) is 7.97. The zero-order valence-electron chi connectivity index (χ0n) is 29.4. The summed E-state index contributed by atoms with van der Waals surface area (Å²) in [5.74, 6) is 0.334. The Balaban J connectivity index is 1.39. The van der Waals surface area contributed by atoms with Crippen LogP contribution in [0.3, 0.4) is 0 Å². The fraction of sp³-hybridized carbons (Fsp3) is 0.182. The molecular formula is C44H36O. The van der Waals surface area contributed by atoms with Crippen LogP contribution in [-0.2, 0) is 5.41 Å². The van der Waals surface area contributed by atoms with Crippen LogP contribution >= 0.6 is 0 Å². The first-order valence-corrected chi connectivity index (χ1v) is 16.1. The van der Waals surface area contributed by atoms with Gasteiger partial charge in [-0.05, 0) is 92.6 Å². The summed E-state index contributed by atoms with van der Waals surface area (Å²) in [5.41, 5.74) is 11.9. The minimum absolute atomic E-state index is 0.561. The molecule has 0 aromatic heterocycles. The molecule has 1 atom stereocenters. The van der Waals surface area contributed by atoms with Gasteiger partial charge in [0.25, 0.3) is 0 Å². The highest BCUT2D eigenvalue weighted by Crippen LogP contribution is 2.55. The van der Waals surface area contributed by atoms with E-state index in [1.807, 2.05) is 49.4 Å². The van der Waals surface area contributed by atoms with Gasteiger partial charge in [0, 0.05) is 27.6 Å². The van der Waals surface area contributed by atoms with E-state index in [9.17, 15) is 1.37 Å². The molecule has 6 aromatic carbocycles. The minimum Gasteiger partial charge on any atom is -0.456 e. The molecule has 0 spiro atoms. The van der Waals surface area contributed by atoms with E-state index in [1.54, 1.807) is 0 Å². The Bertz CT molecular complexity index is 2290. The average molecular weight is 585 g/mol. The van der Waals surface area contributed by atoms with E-state index < -0.39 is 18.2 Å². The van der Waals surface area contributed by atoms with Gasteiger partial charge in [-0.15, -0.1) is 0 Å². The van der Waals surface area contributed by atoms with Gasteiger partial charge in [0.15, 0.2) is 0 Å². The van der Waals surface area contributed by atoms with Gasteiger partial charge in [-0.2, -0.15) is 0 Å². The van der Waals surface area contributed by atoms with Crippen LogP contribution in [0.5, 0.6) is 11.5 Å². The van der Waals surface area contributed by atoms with Crippen LogP contribution in [0.4, 0.5) is 0 Å². The summed E-state index contributed by atoms with van der Waals surface area (Å²) in [7, 11) is 0. The standard InChI is InChI=1S/C44H36O/c1-44(2)40-23-11-12-25-42(40)45-43-35(22-13-24-41(43)44)39-27-38-34-21-10-8-19-32(34)30-17-6-5-16-29(30)31-18-7-9-20-33(31)37(38)26-36(39)28-14-3-4-15-28/h5-13,16-28H,3-4,14-15H2,1-2H3/i1D3,28D. The van der Waals surface area contributed by atoms with Crippen molar-refractivity contribution >= 4 is 0 Å². The number of hydrogen-bond acceptors (Lipinski definition) is 1. The third kappa shape index (κ3) is 4.00. The van der Waals surface area contributed by atoms with Gasteiger partial charge in [-0.25, -0.2) is 0 Å². The van der Waals surface area contributed by atoms with Gasteiger partial charge in [0.1, 0.15) is 11.5 Å². The second-order valence-electron chi connectivity index (χ2n) is 12.8. The number of benzene rings is 6. The van der Waals surface area contributed by atoms with Crippen molar-refractivity contribution in [3.05, 3.63) is 144 Å². The molecular weight excluding hydrogens is 544 g/mol. The maximum absolute atomic E-state index is 9.98. The summed E-state index contributed by atoms with van der Waals surface area (Å²) in [6, 6.07) is 43.8. The largest absolute Gasteiger partial charge is 0.456 e. The Hall–Kier alpha value is -4.88. The first kappa shape index (κ1) is 22.6. The lowest BCUT2D eigenvalue weighted by Gasteiger charge is -2.36. The Morgan fingerprint density at radius 1 is 0.556 bits per heavy atom. The van der Waals surface area contributed by atoms with E-state index in [4.69, 9.17) is 8.85 Å². The van der Waals surface area contributed by atoms with Gasteiger partial charge in [0.2, 0.25) is 0 Å². The van der Waals surface area contributed by atoms with Crippen LogP contribution < -0.4 is 4.74 Å². The normalized spacial score (nSPS) is 20.1. The topological polar surface area (TPSA) is 9.23 Å². The zero-order chi connectivity index (χ0) is 33.5. The predicted octanol–water partition coefficient (Wildman–Crippen LogP) is 12.4. The fourth-order valence-electron chi connectivity index (χ4n) is 7.97. The van der Waals surface area contributed by atoms with Crippen LogP contribution in [0.25, 0.3) is 55.6 Å². The monoisotopic (exact) mass is 584 g/mol. The predicted molar refractivity (Wildman–Crippen MR) is 187 cm³/mol. The minimum atomic E-state index is -2.33. The molecule has 1 nitrogen and oxygen atoms in total. The summed E-state index contributed by atoms with van der Waals surface area (Å²) in [4.78, 5) is 0. The lowest BCUT2D eigenvalue weighted by Crippen LogP contribution is -2.24. The third-order valence-corrected chi connectivity index (χ3v) is 10.2. The number of fused-ring (bicyclic) bond motifs is 10. The molecule has 218 valence electrons. The van der Waals surface area contributed by atoms with Crippen LogP contribution in [0, 0.1) is 0 Å². The van der Waals surface area contributed by atoms with Crippen molar-refractivity contribution in [3.63, 3.8) is 0 Å². The molecule has 9 rings (SSSR count). The number of ether oxygens (including phenoxy) is 1. The highest BCUT2D eigenvalue weighted by molar-refractivity contribution is 6.04. The number of para-hydroxylation sites is 2. The molecule has 3 aliphatic rings. The molecule has 1 heteroatoms. The summed E-state index contributed by atoms with van der Waals surface area (Å²) in [5, 5.41) is 0. The first-order chi connectivity index (χ1) is 23.7. The lowest BCUT2D eigenvalue weighted by molar-refractivity contribution is 0.419. The highest BCUT2D eigenvalue weighted by atomic mass is 16.5. The van der Waals surface area contributed by atoms with E-state index in [1.165, 1.54) is 16.7 Å². The Labute approximate surface area is 271 Å². The van der Waals surface area contributed by atoms with Crippen molar-refractivity contribution < 1.29 is 10.2 Å². The molecule has 6 aromatic rings. The zero-order valence-corrected chi connectivity index (χ0v) is 25.4. The number of hydrogen-bond donors (Lipinski definition) is 0. The molecule has 2 aliphatic carbocycles. The Morgan fingerprint density at radius 2 is 1.04 bits per heavy atom. The van der Waals surface area contributed by atoms with Gasteiger partial charge < -0.3 is 4.74 Å². The second kappa shape index (κ2) is 10.1. The molecule has 0 amide bonds. The lowest BCUT2D eigenvalue weighted by atomic mass is 9.73. The van der Waals surface area contributed by atoms with Crippen LogP contribution in [0.15, 0.2) is 127 Å². The smallest absolute Gasteiger partial charge is 0.139 e. The molecule has 1 aliphatic heterocycles. The average Bonchev–Trinajstić information content (AvgIpc) is 3.57. The molecule has 0 bridgehead atoms. The third-order valence-electron chi connectivity index (χ3n) is 10.2. The molecule has 0 saturated heterocycles. The Kier molecular flexibility index (Phi) is 5.06. The maximum atomic E-state index is 9.98. The molecule has 0 radical (unpaired) electrons. The van der Waals surface area contributed by atoms with E-state index in [0.717, 1.165) is 70.2 Å². The van der Waals surface area contributed by atoms with Crippen molar-refractivity contribution in [2.45, 2.75) is 50.8 Å². The molecule has 1 unspecified atom stereocenters. The van der Waals surface area contributed by atoms with E-state index in [2.05, 4.69) is 84.9 Å². The molecule has 1 fully saturated rings. The first-order valence-electron chi connectivity index (χ1n) is 18.1. The van der Waals surface area contributed by atoms with Crippen molar-refractivity contribution in [1.82, 2.24) is 0 Å². The van der Waals surface area contributed by atoms with Crippen LogP contribution in [0.1, 0.15) is 67.5 Å². The molecule has 45 heavy (non-hydrogen) atoms. The van der Waals surface area contributed by atoms with Gasteiger partial charge in [0.05, 0.1) is 0 Å². The van der Waals surface area contributed by atoms with Crippen molar-refractivity contribution in [1.29, 1.82) is 0 Å². The van der Waals surface area contributed by atoms with Gasteiger partial charge in [-0.3, -0.25) is 0 Å².